The third-order valence-electron chi connectivity index (χ3n) is 5.09. The van der Waals surface area contributed by atoms with Crippen LogP contribution in [0.5, 0.6) is 0 Å². The first-order valence-electron chi connectivity index (χ1n) is 8.58. The molecule has 1 aromatic heterocycles. The number of aliphatic imine (C=N–C) groups is 1. The fraction of sp³-hybridized carbons (Fsp3) is 0.421. The van der Waals surface area contributed by atoms with Crippen LogP contribution in [0.2, 0.25) is 0 Å². The van der Waals surface area contributed by atoms with Gasteiger partial charge in [0.2, 0.25) is 0 Å². The average molecular weight is 340 g/mol. The molecule has 0 bridgehead atoms. The summed E-state index contributed by atoms with van der Waals surface area (Å²) >= 11 is 0. The summed E-state index contributed by atoms with van der Waals surface area (Å²) in [6.45, 7) is 6.13. The van der Waals surface area contributed by atoms with Crippen molar-refractivity contribution in [3.63, 3.8) is 0 Å². The van der Waals surface area contributed by atoms with E-state index in [4.69, 9.17) is 5.73 Å². The van der Waals surface area contributed by atoms with Crippen LogP contribution in [-0.2, 0) is 5.60 Å². The van der Waals surface area contributed by atoms with Crippen molar-refractivity contribution >= 4 is 18.3 Å². The van der Waals surface area contributed by atoms with Gasteiger partial charge in [-0.1, -0.05) is 6.08 Å². The number of rotatable bonds is 4. The number of aliphatic hydroxyl groups is 1. The van der Waals surface area contributed by atoms with Gasteiger partial charge in [0.05, 0.1) is 5.60 Å². The Hall–Kier alpha value is -2.47. The summed E-state index contributed by atoms with van der Waals surface area (Å²) in [5.41, 5.74) is 8.45. The lowest BCUT2D eigenvalue weighted by molar-refractivity contribution is -0.0390. The molecule has 2 amide bonds. The molecule has 2 heterocycles. The van der Waals surface area contributed by atoms with E-state index in [1.807, 2.05) is 19.1 Å². The number of urea groups is 1. The number of allylic oxidation sites excluding steroid dienone is 3. The lowest BCUT2D eigenvalue weighted by Gasteiger charge is -2.37. The molecule has 0 aromatic carbocycles. The summed E-state index contributed by atoms with van der Waals surface area (Å²) in [5.74, 6) is 0.528. The first-order valence-corrected chi connectivity index (χ1v) is 8.58. The van der Waals surface area contributed by atoms with Gasteiger partial charge in [0.1, 0.15) is 5.82 Å². The number of nitrogens with two attached hydrogens (primary N) is 1. The fourth-order valence-electron chi connectivity index (χ4n) is 3.41. The summed E-state index contributed by atoms with van der Waals surface area (Å²) in [5, 5.41) is 10.5. The van der Waals surface area contributed by atoms with Crippen LogP contribution in [0.25, 0.3) is 5.57 Å². The van der Waals surface area contributed by atoms with Crippen LogP contribution in [0.3, 0.4) is 0 Å². The molecule has 132 valence electrons. The zero-order valence-corrected chi connectivity index (χ0v) is 14.5. The molecular formula is C19H24N4O2. The number of carbonyl (C=O) groups is 1. The third-order valence-corrected chi connectivity index (χ3v) is 5.09. The second-order valence-corrected chi connectivity index (χ2v) is 6.78. The number of aromatic nitrogens is 1. The quantitative estimate of drug-likeness (QED) is 0.825. The summed E-state index contributed by atoms with van der Waals surface area (Å²) in [4.78, 5) is 21.4. The Labute approximate surface area is 147 Å². The van der Waals surface area contributed by atoms with E-state index in [-0.39, 0.29) is 0 Å². The van der Waals surface area contributed by atoms with E-state index in [2.05, 4.69) is 16.7 Å². The monoisotopic (exact) mass is 340 g/mol. The molecule has 1 aromatic rings. The minimum Gasteiger partial charge on any atom is -0.385 e. The summed E-state index contributed by atoms with van der Waals surface area (Å²) in [6.07, 6.45) is 9.78. The summed E-state index contributed by atoms with van der Waals surface area (Å²) < 4.78 is 0. The molecule has 1 aliphatic heterocycles. The van der Waals surface area contributed by atoms with Crippen LogP contribution < -0.4 is 5.73 Å². The third kappa shape index (κ3) is 3.35. The molecule has 2 aliphatic rings. The van der Waals surface area contributed by atoms with Crippen molar-refractivity contribution in [3.05, 3.63) is 47.1 Å². The van der Waals surface area contributed by atoms with Crippen LogP contribution in [0.15, 0.2) is 40.9 Å². The largest absolute Gasteiger partial charge is 0.385 e. The van der Waals surface area contributed by atoms with Crippen LogP contribution in [-0.4, -0.2) is 34.3 Å². The van der Waals surface area contributed by atoms with E-state index < -0.39 is 11.6 Å². The molecule has 1 saturated carbocycles. The van der Waals surface area contributed by atoms with E-state index in [0.717, 1.165) is 54.4 Å². The molecule has 1 aliphatic carbocycles. The van der Waals surface area contributed by atoms with Gasteiger partial charge in [-0.15, -0.1) is 0 Å². The summed E-state index contributed by atoms with van der Waals surface area (Å²) in [7, 11) is 0. The van der Waals surface area contributed by atoms with Crippen molar-refractivity contribution < 1.29 is 9.90 Å². The maximum absolute atomic E-state index is 11.6. The Bertz CT molecular complexity index is 762. The normalized spacial score (nSPS) is 20.2. The standard InChI is InChI=1S/C19H24N4O2/c1-13(9-14-5-3-8-23(18(20)24)17(14)21-2)15-10-16(12-22-11-15)19(25)6-4-7-19/h9-12,25H,2-8H2,1H3,(H2,20,24)/b13-9+. The van der Waals surface area contributed by atoms with Gasteiger partial charge >= 0.3 is 6.03 Å². The van der Waals surface area contributed by atoms with Crippen molar-refractivity contribution in [2.45, 2.75) is 44.6 Å². The minimum absolute atomic E-state index is 0.512. The molecule has 6 nitrogen and oxygen atoms in total. The molecular weight excluding hydrogens is 316 g/mol. The molecule has 0 radical (unpaired) electrons. The van der Waals surface area contributed by atoms with E-state index in [9.17, 15) is 9.90 Å². The van der Waals surface area contributed by atoms with Crippen molar-refractivity contribution in [2.24, 2.45) is 10.7 Å². The SMILES string of the molecule is C=NC1=C(/C=C(\C)c2cncc(C3(O)CCC3)c2)CCCN1C(N)=O. The fourth-order valence-corrected chi connectivity index (χ4v) is 3.41. The molecule has 0 atom stereocenters. The molecule has 0 spiro atoms. The smallest absolute Gasteiger partial charge is 0.320 e. The molecule has 6 heteroatoms. The second-order valence-electron chi connectivity index (χ2n) is 6.78. The number of amides is 2. The lowest BCUT2D eigenvalue weighted by atomic mass is 9.75. The van der Waals surface area contributed by atoms with Crippen LogP contribution in [0.4, 0.5) is 4.79 Å². The number of hydrogen-bond acceptors (Lipinski definition) is 4. The van der Waals surface area contributed by atoms with Crippen molar-refractivity contribution in [1.29, 1.82) is 0 Å². The van der Waals surface area contributed by atoms with Crippen molar-refractivity contribution in [1.82, 2.24) is 9.88 Å². The number of primary amides is 1. The molecule has 0 unspecified atom stereocenters. The van der Waals surface area contributed by atoms with Gasteiger partial charge in [0, 0.05) is 24.5 Å². The highest BCUT2D eigenvalue weighted by molar-refractivity contribution is 5.75. The zero-order valence-electron chi connectivity index (χ0n) is 14.5. The molecule has 25 heavy (non-hydrogen) atoms. The number of carbonyl (C=O) groups excluding carboxylic acids is 1. The van der Waals surface area contributed by atoms with E-state index >= 15 is 0 Å². The van der Waals surface area contributed by atoms with E-state index in [1.54, 1.807) is 12.4 Å². The Kier molecular flexibility index (Phi) is 4.72. The van der Waals surface area contributed by atoms with E-state index in [1.165, 1.54) is 4.90 Å². The Morgan fingerprint density at radius 3 is 2.80 bits per heavy atom. The maximum Gasteiger partial charge on any atom is 0.320 e. The number of nitrogens with zero attached hydrogens (tertiary/aromatic N) is 3. The second kappa shape index (κ2) is 6.80. The number of hydrogen-bond donors (Lipinski definition) is 2. The van der Waals surface area contributed by atoms with Gasteiger partial charge < -0.3 is 10.8 Å². The highest BCUT2D eigenvalue weighted by atomic mass is 16.3. The van der Waals surface area contributed by atoms with Crippen molar-refractivity contribution in [3.8, 4) is 0 Å². The molecule has 1 fully saturated rings. The van der Waals surface area contributed by atoms with Crippen LogP contribution in [0, 0.1) is 0 Å². The highest BCUT2D eigenvalue weighted by Gasteiger charge is 2.36. The highest BCUT2D eigenvalue weighted by Crippen LogP contribution is 2.41. The molecule has 3 rings (SSSR count). The van der Waals surface area contributed by atoms with E-state index in [0.29, 0.717) is 12.4 Å². The summed E-state index contributed by atoms with van der Waals surface area (Å²) in [6, 6.07) is 1.48. The molecule has 0 saturated heterocycles. The Balaban J connectivity index is 1.94. The van der Waals surface area contributed by atoms with Gasteiger partial charge in [0.15, 0.2) is 0 Å². The average Bonchev–Trinajstić information content (AvgIpc) is 2.59. The van der Waals surface area contributed by atoms with Gasteiger partial charge in [0.25, 0.3) is 0 Å². The minimum atomic E-state index is -0.732. The van der Waals surface area contributed by atoms with Gasteiger partial charge in [-0.05, 0) is 68.5 Å². The maximum atomic E-state index is 11.6. The zero-order chi connectivity index (χ0) is 18.0. The molecule has 3 N–H and O–H groups in total. The predicted molar refractivity (Wildman–Crippen MR) is 97.7 cm³/mol. The van der Waals surface area contributed by atoms with Crippen LogP contribution >= 0.6 is 0 Å². The predicted octanol–water partition coefficient (Wildman–Crippen LogP) is 2.94. The topological polar surface area (TPSA) is 91.8 Å². The Morgan fingerprint density at radius 1 is 1.44 bits per heavy atom. The van der Waals surface area contributed by atoms with Crippen molar-refractivity contribution in [2.75, 3.05) is 6.54 Å². The van der Waals surface area contributed by atoms with Gasteiger partial charge in [-0.2, -0.15) is 0 Å². The van der Waals surface area contributed by atoms with Gasteiger partial charge in [-0.3, -0.25) is 9.88 Å². The van der Waals surface area contributed by atoms with Gasteiger partial charge in [-0.25, -0.2) is 9.79 Å². The first-order chi connectivity index (χ1) is 11.9. The Morgan fingerprint density at radius 2 is 2.20 bits per heavy atom. The lowest BCUT2D eigenvalue weighted by Crippen LogP contribution is -2.37. The van der Waals surface area contributed by atoms with Crippen LogP contribution in [0.1, 0.15) is 50.2 Å². The number of pyridine rings is 1. The first kappa shape index (κ1) is 17.4.